The van der Waals surface area contributed by atoms with Gasteiger partial charge in [-0.05, 0) is 18.9 Å². The third kappa shape index (κ3) is 3.33. The number of amides is 1. The molecule has 2 heterocycles. The molecule has 1 atom stereocenters. The maximum absolute atomic E-state index is 14.0. The van der Waals surface area contributed by atoms with E-state index in [1.807, 2.05) is 4.57 Å². The lowest BCUT2D eigenvalue weighted by Gasteiger charge is -2.23. The Morgan fingerprint density at radius 1 is 1.36 bits per heavy atom. The van der Waals surface area contributed by atoms with Crippen molar-refractivity contribution in [3.8, 4) is 5.75 Å². The Bertz CT molecular complexity index is 818. The fourth-order valence-corrected chi connectivity index (χ4v) is 2.91. The standard InChI is InChI=1S/C17H18FN3O4/c1-24-15-5-12(17(23)25-2)14(6-13(15)18)20-16(22)10-3-4-11-7-19-9-21(11)8-10/h5-7,9-10H,3-4,8H2,1-2H3,(H,20,22). The van der Waals surface area contributed by atoms with Crippen molar-refractivity contribution in [2.45, 2.75) is 19.4 Å². The van der Waals surface area contributed by atoms with Crippen LogP contribution in [0, 0.1) is 11.7 Å². The molecule has 0 radical (unpaired) electrons. The van der Waals surface area contributed by atoms with E-state index in [9.17, 15) is 14.0 Å². The molecule has 132 valence electrons. The lowest BCUT2D eigenvalue weighted by molar-refractivity contribution is -0.120. The summed E-state index contributed by atoms with van der Waals surface area (Å²) in [4.78, 5) is 28.6. The first-order valence-corrected chi connectivity index (χ1v) is 7.79. The van der Waals surface area contributed by atoms with Crippen molar-refractivity contribution >= 4 is 17.6 Å². The summed E-state index contributed by atoms with van der Waals surface area (Å²) in [7, 11) is 2.51. The molecule has 0 fully saturated rings. The topological polar surface area (TPSA) is 82.4 Å². The molecule has 0 aliphatic carbocycles. The number of hydrogen-bond acceptors (Lipinski definition) is 5. The molecule has 3 rings (SSSR count). The molecule has 1 aliphatic heterocycles. The predicted octanol–water partition coefficient (Wildman–Crippen LogP) is 2.02. The second-order valence-electron chi connectivity index (χ2n) is 5.79. The van der Waals surface area contributed by atoms with Gasteiger partial charge in [0.2, 0.25) is 5.91 Å². The number of benzene rings is 1. The minimum absolute atomic E-state index is 0.0354. The number of hydrogen-bond donors (Lipinski definition) is 1. The molecule has 0 saturated heterocycles. The van der Waals surface area contributed by atoms with E-state index in [0.29, 0.717) is 13.0 Å². The van der Waals surface area contributed by atoms with Crippen LogP contribution < -0.4 is 10.1 Å². The molecular formula is C17H18FN3O4. The molecule has 25 heavy (non-hydrogen) atoms. The van der Waals surface area contributed by atoms with Gasteiger partial charge in [-0.25, -0.2) is 14.2 Å². The molecule has 0 spiro atoms. The SMILES string of the molecule is COC(=O)c1cc(OC)c(F)cc1NC(=O)C1CCc2cncn2C1. The summed E-state index contributed by atoms with van der Waals surface area (Å²) in [5.41, 5.74) is 1.18. The Morgan fingerprint density at radius 2 is 2.16 bits per heavy atom. The number of aryl methyl sites for hydroxylation is 1. The predicted molar refractivity (Wildman–Crippen MR) is 87.0 cm³/mol. The Hall–Kier alpha value is -2.90. The number of halogens is 1. The first kappa shape index (κ1) is 16.9. The van der Waals surface area contributed by atoms with Crippen molar-refractivity contribution in [2.24, 2.45) is 5.92 Å². The van der Waals surface area contributed by atoms with E-state index in [4.69, 9.17) is 9.47 Å². The summed E-state index contributed by atoms with van der Waals surface area (Å²) in [6.07, 6.45) is 4.85. The van der Waals surface area contributed by atoms with E-state index in [2.05, 4.69) is 10.3 Å². The first-order chi connectivity index (χ1) is 12.0. The van der Waals surface area contributed by atoms with Gasteiger partial charge in [-0.2, -0.15) is 0 Å². The molecule has 0 saturated carbocycles. The van der Waals surface area contributed by atoms with Gasteiger partial charge in [0, 0.05) is 24.5 Å². The van der Waals surface area contributed by atoms with Crippen LogP contribution in [-0.2, 0) is 22.5 Å². The average Bonchev–Trinajstić information content (AvgIpc) is 3.09. The number of carbonyl (C=O) groups excluding carboxylic acids is 2. The van der Waals surface area contributed by atoms with Gasteiger partial charge >= 0.3 is 5.97 Å². The van der Waals surface area contributed by atoms with Crippen LogP contribution in [0.2, 0.25) is 0 Å². The average molecular weight is 347 g/mol. The van der Waals surface area contributed by atoms with Crippen LogP contribution in [-0.4, -0.2) is 35.6 Å². The zero-order valence-electron chi connectivity index (χ0n) is 13.9. The molecule has 1 aromatic carbocycles. The van der Waals surface area contributed by atoms with Crippen LogP contribution in [0.3, 0.4) is 0 Å². The van der Waals surface area contributed by atoms with Crippen molar-refractivity contribution in [3.63, 3.8) is 0 Å². The fourth-order valence-electron chi connectivity index (χ4n) is 2.91. The third-order valence-electron chi connectivity index (χ3n) is 4.29. The number of methoxy groups -OCH3 is 2. The number of ether oxygens (including phenoxy) is 2. The molecule has 1 aromatic heterocycles. The Balaban J connectivity index is 1.83. The highest BCUT2D eigenvalue weighted by Crippen LogP contribution is 2.28. The monoisotopic (exact) mass is 347 g/mol. The largest absolute Gasteiger partial charge is 0.494 e. The summed E-state index contributed by atoms with van der Waals surface area (Å²) < 4.78 is 25.5. The van der Waals surface area contributed by atoms with E-state index in [0.717, 1.165) is 18.2 Å². The number of nitrogens with zero attached hydrogens (tertiary/aromatic N) is 2. The van der Waals surface area contributed by atoms with E-state index in [-0.39, 0.29) is 28.8 Å². The number of fused-ring (bicyclic) bond motifs is 1. The normalized spacial score (nSPS) is 16.0. The molecule has 1 unspecified atom stereocenters. The third-order valence-corrected chi connectivity index (χ3v) is 4.29. The summed E-state index contributed by atoms with van der Waals surface area (Å²) in [5, 5.41) is 2.64. The van der Waals surface area contributed by atoms with Crippen molar-refractivity contribution < 1.29 is 23.5 Å². The lowest BCUT2D eigenvalue weighted by Crippen LogP contribution is -2.31. The fraction of sp³-hybridized carbons (Fsp3) is 0.353. The molecule has 1 amide bonds. The minimum Gasteiger partial charge on any atom is -0.494 e. The van der Waals surface area contributed by atoms with Crippen LogP contribution in [0.15, 0.2) is 24.7 Å². The number of esters is 1. The van der Waals surface area contributed by atoms with Crippen molar-refractivity contribution in [3.05, 3.63) is 41.7 Å². The smallest absolute Gasteiger partial charge is 0.340 e. The molecule has 7 nitrogen and oxygen atoms in total. The van der Waals surface area contributed by atoms with Crippen LogP contribution in [0.5, 0.6) is 5.75 Å². The second kappa shape index (κ2) is 6.92. The maximum Gasteiger partial charge on any atom is 0.340 e. The maximum atomic E-state index is 14.0. The van der Waals surface area contributed by atoms with Crippen LogP contribution in [0.4, 0.5) is 10.1 Å². The number of nitrogens with one attached hydrogen (secondary N) is 1. The molecule has 2 aromatic rings. The molecule has 1 N–H and O–H groups in total. The Kier molecular flexibility index (Phi) is 4.69. The molecule has 8 heteroatoms. The highest BCUT2D eigenvalue weighted by Gasteiger charge is 2.26. The molecule has 0 bridgehead atoms. The van der Waals surface area contributed by atoms with Crippen LogP contribution in [0.25, 0.3) is 0 Å². The van der Waals surface area contributed by atoms with E-state index < -0.39 is 11.8 Å². The number of rotatable bonds is 4. The second-order valence-corrected chi connectivity index (χ2v) is 5.79. The highest BCUT2D eigenvalue weighted by molar-refractivity contribution is 6.02. The number of imidazole rings is 1. The van der Waals surface area contributed by atoms with Gasteiger partial charge in [-0.3, -0.25) is 4.79 Å². The van der Waals surface area contributed by atoms with Gasteiger partial charge in [0.15, 0.2) is 11.6 Å². The van der Waals surface area contributed by atoms with Crippen molar-refractivity contribution in [1.82, 2.24) is 9.55 Å². The quantitative estimate of drug-likeness (QED) is 0.856. The van der Waals surface area contributed by atoms with Gasteiger partial charge in [-0.1, -0.05) is 0 Å². The Morgan fingerprint density at radius 3 is 2.88 bits per heavy atom. The molecular weight excluding hydrogens is 329 g/mol. The number of anilines is 1. The Labute approximate surface area is 143 Å². The minimum atomic E-state index is -0.686. The zero-order valence-corrected chi connectivity index (χ0v) is 13.9. The van der Waals surface area contributed by atoms with Gasteiger partial charge in [0.1, 0.15) is 0 Å². The molecule has 1 aliphatic rings. The van der Waals surface area contributed by atoms with Gasteiger partial charge in [0.05, 0.1) is 37.7 Å². The highest BCUT2D eigenvalue weighted by atomic mass is 19.1. The van der Waals surface area contributed by atoms with E-state index in [1.54, 1.807) is 12.5 Å². The summed E-state index contributed by atoms with van der Waals surface area (Å²) in [6, 6.07) is 2.28. The zero-order chi connectivity index (χ0) is 18.0. The number of carbonyl (C=O) groups is 2. The van der Waals surface area contributed by atoms with E-state index >= 15 is 0 Å². The van der Waals surface area contributed by atoms with E-state index in [1.165, 1.54) is 20.3 Å². The summed E-state index contributed by atoms with van der Waals surface area (Å²) >= 11 is 0. The summed E-state index contributed by atoms with van der Waals surface area (Å²) in [6.45, 7) is 0.493. The van der Waals surface area contributed by atoms with Crippen LogP contribution in [0.1, 0.15) is 22.5 Å². The van der Waals surface area contributed by atoms with Gasteiger partial charge in [0.25, 0.3) is 0 Å². The van der Waals surface area contributed by atoms with Crippen molar-refractivity contribution in [1.29, 1.82) is 0 Å². The van der Waals surface area contributed by atoms with Crippen molar-refractivity contribution in [2.75, 3.05) is 19.5 Å². The van der Waals surface area contributed by atoms with Gasteiger partial charge < -0.3 is 19.4 Å². The lowest BCUT2D eigenvalue weighted by atomic mass is 9.97. The van der Waals surface area contributed by atoms with Gasteiger partial charge in [-0.15, -0.1) is 0 Å². The summed E-state index contributed by atoms with van der Waals surface area (Å²) in [5.74, 6) is -2.04. The van der Waals surface area contributed by atoms with Crippen LogP contribution >= 0.6 is 0 Å². The first-order valence-electron chi connectivity index (χ1n) is 7.79. The number of aromatic nitrogens is 2.